The molecule has 0 atom stereocenters. The summed E-state index contributed by atoms with van der Waals surface area (Å²) in [6.07, 6.45) is 1.66. The Kier molecular flexibility index (Phi) is 5.35. The number of ether oxygens (including phenoxy) is 2. The van der Waals surface area contributed by atoms with Gasteiger partial charge in [0.1, 0.15) is 19.5 Å². The Bertz CT molecular complexity index is 1230. The molecule has 2 aromatic heterocycles. The van der Waals surface area contributed by atoms with Gasteiger partial charge in [0.25, 0.3) is 5.91 Å². The summed E-state index contributed by atoms with van der Waals surface area (Å²) in [5, 5.41) is 11.7. The van der Waals surface area contributed by atoms with Gasteiger partial charge in [0, 0.05) is 22.5 Å². The Morgan fingerprint density at radius 1 is 1.06 bits per heavy atom. The Morgan fingerprint density at radius 3 is 2.65 bits per heavy atom. The fourth-order valence-corrected chi connectivity index (χ4v) is 4.74. The zero-order valence-electron chi connectivity index (χ0n) is 16.6. The molecule has 9 heteroatoms. The molecule has 0 spiro atoms. The molecule has 0 saturated carbocycles. The van der Waals surface area contributed by atoms with Crippen LogP contribution in [0.5, 0.6) is 11.5 Å². The number of anilines is 1. The number of aromatic nitrogens is 3. The molecule has 1 amide bonds. The number of fused-ring (bicyclic) bond motifs is 1. The maximum absolute atomic E-state index is 12.7. The highest BCUT2D eigenvalue weighted by Gasteiger charge is 2.15. The number of hydrogen-bond donors (Lipinski definition) is 1. The predicted molar refractivity (Wildman–Crippen MR) is 120 cm³/mol. The van der Waals surface area contributed by atoms with Crippen LogP contribution in [0, 0.1) is 0 Å². The summed E-state index contributed by atoms with van der Waals surface area (Å²) in [7, 11) is 1.90. The number of nitrogens with zero attached hydrogens (tertiary/aromatic N) is 3. The van der Waals surface area contributed by atoms with Crippen LogP contribution in [-0.2, 0) is 7.05 Å². The van der Waals surface area contributed by atoms with Crippen molar-refractivity contribution in [2.45, 2.75) is 10.1 Å². The number of carbonyl (C=O) groups is 1. The van der Waals surface area contributed by atoms with E-state index in [9.17, 15) is 4.79 Å². The number of hydrogen-bond acceptors (Lipinski definition) is 7. The zero-order valence-corrected chi connectivity index (χ0v) is 18.2. The predicted octanol–water partition coefficient (Wildman–Crippen LogP) is 4.72. The quantitative estimate of drug-likeness (QED) is 0.474. The van der Waals surface area contributed by atoms with Crippen molar-refractivity contribution in [3.63, 3.8) is 0 Å². The number of amides is 1. The Hall–Kier alpha value is -3.30. The van der Waals surface area contributed by atoms with E-state index in [0.717, 1.165) is 37.7 Å². The third kappa shape index (κ3) is 4.28. The number of nitrogens with one attached hydrogen (secondary N) is 1. The highest BCUT2D eigenvalue weighted by atomic mass is 32.2. The minimum atomic E-state index is -0.137. The lowest BCUT2D eigenvalue weighted by Crippen LogP contribution is -2.15. The third-order valence-electron chi connectivity index (χ3n) is 4.65. The van der Waals surface area contributed by atoms with Gasteiger partial charge in [0.2, 0.25) is 0 Å². The van der Waals surface area contributed by atoms with Gasteiger partial charge >= 0.3 is 0 Å². The van der Waals surface area contributed by atoms with Crippen LogP contribution in [0.2, 0.25) is 0 Å². The molecule has 0 aliphatic carbocycles. The van der Waals surface area contributed by atoms with E-state index in [-0.39, 0.29) is 5.91 Å². The van der Waals surface area contributed by atoms with Crippen molar-refractivity contribution in [1.82, 2.24) is 14.8 Å². The molecule has 0 saturated heterocycles. The molecule has 5 rings (SSSR count). The molecule has 1 aliphatic heterocycles. The van der Waals surface area contributed by atoms with Crippen molar-refractivity contribution in [3.05, 3.63) is 65.8 Å². The number of aryl methyl sites for hydroxylation is 1. The van der Waals surface area contributed by atoms with Gasteiger partial charge in [-0.1, -0.05) is 0 Å². The summed E-state index contributed by atoms with van der Waals surface area (Å²) in [5.74, 6) is 1.36. The molecule has 156 valence electrons. The van der Waals surface area contributed by atoms with Crippen molar-refractivity contribution in [2.75, 3.05) is 18.5 Å². The highest BCUT2D eigenvalue weighted by molar-refractivity contribution is 7.99. The van der Waals surface area contributed by atoms with E-state index < -0.39 is 0 Å². The van der Waals surface area contributed by atoms with Gasteiger partial charge in [0.05, 0.1) is 4.88 Å². The zero-order chi connectivity index (χ0) is 21.2. The van der Waals surface area contributed by atoms with E-state index in [2.05, 4.69) is 15.5 Å². The molecular weight excluding hydrogens is 432 g/mol. The van der Waals surface area contributed by atoms with E-state index in [1.54, 1.807) is 6.33 Å². The first-order valence-electron chi connectivity index (χ1n) is 9.59. The fraction of sp³-hybridized carbons (Fsp3) is 0.136. The molecular formula is C22H18N4O3S2. The van der Waals surface area contributed by atoms with Crippen molar-refractivity contribution in [1.29, 1.82) is 0 Å². The first-order chi connectivity index (χ1) is 15.2. The lowest BCUT2D eigenvalue weighted by atomic mass is 10.1. The molecule has 0 fully saturated rings. The van der Waals surface area contributed by atoms with Crippen molar-refractivity contribution >= 4 is 34.7 Å². The molecule has 0 bridgehead atoms. The first-order valence-corrected chi connectivity index (χ1v) is 11.2. The topological polar surface area (TPSA) is 78.3 Å². The normalized spacial score (nSPS) is 12.5. The molecule has 7 nitrogen and oxygen atoms in total. The SMILES string of the molecule is Cn1cnnc1Sc1ccc(NC(=O)c2ccc(-c3ccc4c(c3)OCCO4)s2)cc1. The van der Waals surface area contributed by atoms with Gasteiger partial charge in [-0.15, -0.1) is 21.5 Å². The van der Waals surface area contributed by atoms with Crippen LogP contribution < -0.4 is 14.8 Å². The van der Waals surface area contributed by atoms with Crippen molar-refractivity contribution < 1.29 is 14.3 Å². The average molecular weight is 451 g/mol. The maximum Gasteiger partial charge on any atom is 0.265 e. The van der Waals surface area contributed by atoms with Gasteiger partial charge in [-0.3, -0.25) is 4.79 Å². The number of benzene rings is 2. The second-order valence-corrected chi connectivity index (χ2v) is 8.95. The molecule has 0 radical (unpaired) electrons. The van der Waals surface area contributed by atoms with Crippen LogP contribution in [0.1, 0.15) is 9.67 Å². The third-order valence-corrected chi connectivity index (χ3v) is 6.84. The summed E-state index contributed by atoms with van der Waals surface area (Å²) in [4.78, 5) is 15.4. The van der Waals surface area contributed by atoms with E-state index in [1.165, 1.54) is 23.1 Å². The summed E-state index contributed by atoms with van der Waals surface area (Å²) in [6.45, 7) is 1.11. The molecule has 1 N–H and O–H groups in total. The van der Waals surface area contributed by atoms with Crippen LogP contribution in [0.3, 0.4) is 0 Å². The van der Waals surface area contributed by atoms with Crippen LogP contribution >= 0.6 is 23.1 Å². The largest absolute Gasteiger partial charge is 0.486 e. The van der Waals surface area contributed by atoms with Crippen LogP contribution in [0.25, 0.3) is 10.4 Å². The highest BCUT2D eigenvalue weighted by Crippen LogP contribution is 2.37. The minimum absolute atomic E-state index is 0.137. The summed E-state index contributed by atoms with van der Waals surface area (Å²) >= 11 is 2.96. The molecule has 4 aromatic rings. The average Bonchev–Trinajstić information content (AvgIpc) is 3.44. The van der Waals surface area contributed by atoms with Crippen molar-refractivity contribution in [3.8, 4) is 21.9 Å². The van der Waals surface area contributed by atoms with Gasteiger partial charge < -0.3 is 19.4 Å². The van der Waals surface area contributed by atoms with E-state index in [1.807, 2.05) is 66.2 Å². The second kappa shape index (κ2) is 8.44. The van der Waals surface area contributed by atoms with Gasteiger partial charge in [-0.05, 0) is 71.9 Å². The van der Waals surface area contributed by atoms with Gasteiger partial charge in [0.15, 0.2) is 16.7 Å². The molecule has 31 heavy (non-hydrogen) atoms. The summed E-state index contributed by atoms with van der Waals surface area (Å²) in [6, 6.07) is 17.3. The number of thiophene rings is 1. The smallest absolute Gasteiger partial charge is 0.265 e. The number of carbonyl (C=O) groups excluding carboxylic acids is 1. The Labute approximate surface area is 187 Å². The number of rotatable bonds is 5. The van der Waals surface area contributed by atoms with Crippen LogP contribution in [-0.4, -0.2) is 33.9 Å². The van der Waals surface area contributed by atoms with Crippen molar-refractivity contribution in [2.24, 2.45) is 7.05 Å². The second-order valence-electron chi connectivity index (χ2n) is 6.83. The molecule has 1 aliphatic rings. The standard InChI is InChI=1S/C22H18N4O3S2/c1-26-13-23-25-22(26)30-16-5-3-15(4-6-16)24-21(27)20-9-8-19(31-20)14-2-7-17-18(12-14)29-11-10-28-17/h2-9,12-13H,10-11H2,1H3,(H,24,27). The molecule has 3 heterocycles. The lowest BCUT2D eigenvalue weighted by molar-refractivity contribution is 0.103. The maximum atomic E-state index is 12.7. The summed E-state index contributed by atoms with van der Waals surface area (Å²) < 4.78 is 13.1. The fourth-order valence-electron chi connectivity index (χ4n) is 3.08. The van der Waals surface area contributed by atoms with E-state index >= 15 is 0 Å². The summed E-state index contributed by atoms with van der Waals surface area (Å²) in [5.41, 5.74) is 1.74. The lowest BCUT2D eigenvalue weighted by Gasteiger charge is -2.18. The first kappa shape index (κ1) is 19.7. The minimum Gasteiger partial charge on any atom is -0.486 e. The van der Waals surface area contributed by atoms with Crippen LogP contribution in [0.4, 0.5) is 5.69 Å². The molecule has 2 aromatic carbocycles. The Balaban J connectivity index is 1.26. The monoisotopic (exact) mass is 450 g/mol. The Morgan fingerprint density at radius 2 is 1.87 bits per heavy atom. The van der Waals surface area contributed by atoms with Gasteiger partial charge in [-0.25, -0.2) is 0 Å². The van der Waals surface area contributed by atoms with E-state index in [4.69, 9.17) is 9.47 Å². The van der Waals surface area contributed by atoms with Gasteiger partial charge in [-0.2, -0.15) is 0 Å². The molecule has 0 unspecified atom stereocenters. The van der Waals surface area contributed by atoms with E-state index in [0.29, 0.717) is 18.1 Å². The van der Waals surface area contributed by atoms with Crippen LogP contribution in [0.15, 0.2) is 71.0 Å².